The van der Waals surface area contributed by atoms with Crippen molar-refractivity contribution < 1.29 is 9.90 Å². The van der Waals surface area contributed by atoms with Gasteiger partial charge in [-0.05, 0) is 49.7 Å². The number of nitrogens with zero attached hydrogens (tertiary/aromatic N) is 1. The van der Waals surface area contributed by atoms with Gasteiger partial charge in [0.1, 0.15) is 0 Å². The number of hydrogen-bond donors (Lipinski definition) is 2. The Morgan fingerprint density at radius 3 is 2.33 bits per heavy atom. The number of carbonyl (C=O) groups excluding carboxylic acids is 1. The standard InChI is InChI=1S/C17H26N2O2/c1-4-17(12-20)8-10-19(11-9-17)16(21)18-15-13(2)6-5-7-14(15)3/h5-7,20H,4,8-12H2,1-3H3,(H,18,21). The van der Waals surface area contributed by atoms with Crippen LogP contribution in [0.4, 0.5) is 10.5 Å². The number of hydrogen-bond acceptors (Lipinski definition) is 2. The maximum absolute atomic E-state index is 12.4. The maximum Gasteiger partial charge on any atom is 0.321 e. The summed E-state index contributed by atoms with van der Waals surface area (Å²) in [5.41, 5.74) is 3.09. The lowest BCUT2D eigenvalue weighted by Crippen LogP contribution is -2.46. The van der Waals surface area contributed by atoms with E-state index in [-0.39, 0.29) is 18.1 Å². The lowest BCUT2D eigenvalue weighted by atomic mass is 9.77. The third kappa shape index (κ3) is 3.38. The fourth-order valence-electron chi connectivity index (χ4n) is 3.01. The Balaban J connectivity index is 2.00. The number of amides is 2. The highest BCUT2D eigenvalue weighted by molar-refractivity contribution is 5.91. The number of para-hydroxylation sites is 1. The average molecular weight is 290 g/mol. The van der Waals surface area contributed by atoms with E-state index in [1.165, 1.54) is 0 Å². The minimum Gasteiger partial charge on any atom is -0.396 e. The van der Waals surface area contributed by atoms with E-state index >= 15 is 0 Å². The van der Waals surface area contributed by atoms with Gasteiger partial charge < -0.3 is 15.3 Å². The Morgan fingerprint density at radius 1 is 1.29 bits per heavy atom. The minimum absolute atomic E-state index is 0.00929. The molecule has 1 aliphatic rings. The first kappa shape index (κ1) is 15.8. The van der Waals surface area contributed by atoms with Gasteiger partial charge in [-0.3, -0.25) is 0 Å². The van der Waals surface area contributed by atoms with Crippen molar-refractivity contribution in [3.63, 3.8) is 0 Å². The lowest BCUT2D eigenvalue weighted by molar-refractivity contribution is 0.0542. The fourth-order valence-corrected chi connectivity index (χ4v) is 3.01. The van der Waals surface area contributed by atoms with Crippen molar-refractivity contribution in [2.75, 3.05) is 25.0 Å². The third-order valence-electron chi connectivity index (χ3n) is 4.91. The molecule has 0 radical (unpaired) electrons. The molecule has 1 heterocycles. The second-order valence-electron chi connectivity index (χ2n) is 6.20. The van der Waals surface area contributed by atoms with Gasteiger partial charge in [0.05, 0.1) is 0 Å². The van der Waals surface area contributed by atoms with Gasteiger partial charge in [-0.25, -0.2) is 4.79 Å². The van der Waals surface area contributed by atoms with E-state index in [0.717, 1.165) is 36.1 Å². The van der Waals surface area contributed by atoms with E-state index in [0.29, 0.717) is 13.1 Å². The van der Waals surface area contributed by atoms with E-state index in [2.05, 4.69) is 12.2 Å². The largest absolute Gasteiger partial charge is 0.396 e. The number of likely N-dealkylation sites (tertiary alicyclic amines) is 1. The zero-order valence-electron chi connectivity index (χ0n) is 13.3. The molecule has 0 spiro atoms. The summed E-state index contributed by atoms with van der Waals surface area (Å²) in [7, 11) is 0. The lowest BCUT2D eigenvalue weighted by Gasteiger charge is -2.40. The molecule has 1 aliphatic heterocycles. The van der Waals surface area contributed by atoms with E-state index in [4.69, 9.17) is 0 Å². The van der Waals surface area contributed by atoms with Crippen LogP contribution in [0, 0.1) is 19.3 Å². The molecule has 0 bridgehead atoms. The topological polar surface area (TPSA) is 52.6 Å². The third-order valence-corrected chi connectivity index (χ3v) is 4.91. The number of aliphatic hydroxyl groups excluding tert-OH is 1. The highest BCUT2D eigenvalue weighted by Gasteiger charge is 2.33. The average Bonchev–Trinajstić information content (AvgIpc) is 2.51. The van der Waals surface area contributed by atoms with Crippen LogP contribution in [0.25, 0.3) is 0 Å². The van der Waals surface area contributed by atoms with Gasteiger partial charge in [-0.15, -0.1) is 0 Å². The van der Waals surface area contributed by atoms with Crippen LogP contribution in [0.3, 0.4) is 0 Å². The number of carbonyl (C=O) groups is 1. The highest BCUT2D eigenvalue weighted by Crippen LogP contribution is 2.34. The van der Waals surface area contributed by atoms with Crippen molar-refractivity contribution in [1.29, 1.82) is 0 Å². The molecule has 0 atom stereocenters. The van der Waals surface area contributed by atoms with Crippen LogP contribution in [0.2, 0.25) is 0 Å². The summed E-state index contributed by atoms with van der Waals surface area (Å²) in [5.74, 6) is 0. The first-order chi connectivity index (χ1) is 10.0. The molecular formula is C17H26N2O2. The molecule has 21 heavy (non-hydrogen) atoms. The number of urea groups is 1. The summed E-state index contributed by atoms with van der Waals surface area (Å²) in [6.07, 6.45) is 2.72. The molecule has 1 fully saturated rings. The SMILES string of the molecule is CCC1(CO)CCN(C(=O)Nc2c(C)cccc2C)CC1. The van der Waals surface area contributed by atoms with Gasteiger partial charge in [0.15, 0.2) is 0 Å². The van der Waals surface area contributed by atoms with Crippen LogP contribution in [0.1, 0.15) is 37.3 Å². The molecular weight excluding hydrogens is 264 g/mol. The van der Waals surface area contributed by atoms with Crippen LogP contribution < -0.4 is 5.32 Å². The van der Waals surface area contributed by atoms with E-state index in [1.807, 2.05) is 36.9 Å². The monoisotopic (exact) mass is 290 g/mol. The summed E-state index contributed by atoms with van der Waals surface area (Å²) < 4.78 is 0. The number of anilines is 1. The molecule has 4 heteroatoms. The zero-order valence-corrected chi connectivity index (χ0v) is 13.3. The molecule has 0 aromatic heterocycles. The molecule has 116 valence electrons. The molecule has 2 rings (SSSR count). The molecule has 2 amide bonds. The Kier molecular flexibility index (Phi) is 4.88. The summed E-state index contributed by atoms with van der Waals surface area (Å²) in [4.78, 5) is 14.3. The maximum atomic E-state index is 12.4. The Bertz CT molecular complexity index is 479. The van der Waals surface area contributed by atoms with Gasteiger partial charge in [0.2, 0.25) is 0 Å². The summed E-state index contributed by atoms with van der Waals surface area (Å²) >= 11 is 0. The summed E-state index contributed by atoms with van der Waals surface area (Å²) in [6, 6.07) is 5.98. The van der Waals surface area contributed by atoms with Gasteiger partial charge in [-0.1, -0.05) is 25.1 Å². The number of benzene rings is 1. The Labute approximate surface area is 127 Å². The first-order valence-electron chi connectivity index (χ1n) is 7.74. The Morgan fingerprint density at radius 2 is 1.86 bits per heavy atom. The number of piperidine rings is 1. The van der Waals surface area contributed by atoms with Crippen molar-refractivity contribution >= 4 is 11.7 Å². The first-order valence-corrected chi connectivity index (χ1v) is 7.74. The van der Waals surface area contributed by atoms with Gasteiger partial charge in [0.25, 0.3) is 0 Å². The van der Waals surface area contributed by atoms with Gasteiger partial charge in [-0.2, -0.15) is 0 Å². The zero-order chi connectivity index (χ0) is 15.5. The Hall–Kier alpha value is -1.55. The van der Waals surface area contributed by atoms with Crippen LogP contribution in [0.5, 0.6) is 0 Å². The van der Waals surface area contributed by atoms with Crippen molar-refractivity contribution in [2.45, 2.75) is 40.0 Å². The van der Waals surface area contributed by atoms with E-state index < -0.39 is 0 Å². The van der Waals surface area contributed by atoms with Crippen LogP contribution >= 0.6 is 0 Å². The second kappa shape index (κ2) is 6.48. The van der Waals surface area contributed by atoms with Crippen molar-refractivity contribution in [3.05, 3.63) is 29.3 Å². The molecule has 1 saturated heterocycles. The van der Waals surface area contributed by atoms with E-state index in [1.54, 1.807) is 0 Å². The minimum atomic E-state index is -0.0324. The molecule has 1 aromatic rings. The number of nitrogens with one attached hydrogen (secondary N) is 1. The number of aryl methyl sites for hydroxylation is 2. The van der Waals surface area contributed by atoms with E-state index in [9.17, 15) is 9.90 Å². The van der Waals surface area contributed by atoms with Crippen molar-refractivity contribution in [3.8, 4) is 0 Å². The fraction of sp³-hybridized carbons (Fsp3) is 0.588. The van der Waals surface area contributed by atoms with Crippen molar-refractivity contribution in [2.24, 2.45) is 5.41 Å². The van der Waals surface area contributed by atoms with Crippen molar-refractivity contribution in [1.82, 2.24) is 4.90 Å². The predicted octanol–water partition coefficient (Wildman–Crippen LogP) is 3.32. The smallest absolute Gasteiger partial charge is 0.321 e. The molecule has 2 N–H and O–H groups in total. The molecule has 4 nitrogen and oxygen atoms in total. The van der Waals surface area contributed by atoms with Crippen LogP contribution in [-0.2, 0) is 0 Å². The normalized spacial score (nSPS) is 17.6. The summed E-state index contributed by atoms with van der Waals surface area (Å²) in [5, 5.41) is 12.6. The van der Waals surface area contributed by atoms with Gasteiger partial charge >= 0.3 is 6.03 Å². The molecule has 0 aliphatic carbocycles. The quantitative estimate of drug-likeness (QED) is 0.897. The highest BCUT2D eigenvalue weighted by atomic mass is 16.3. The molecule has 0 saturated carbocycles. The van der Waals surface area contributed by atoms with Gasteiger partial charge in [0, 0.05) is 25.4 Å². The number of rotatable bonds is 3. The molecule has 1 aromatic carbocycles. The number of aliphatic hydroxyl groups is 1. The van der Waals surface area contributed by atoms with Crippen LogP contribution in [0.15, 0.2) is 18.2 Å². The predicted molar refractivity (Wildman–Crippen MR) is 85.6 cm³/mol. The second-order valence-corrected chi connectivity index (χ2v) is 6.20. The summed E-state index contributed by atoms with van der Waals surface area (Å²) in [6.45, 7) is 7.77. The van der Waals surface area contributed by atoms with Crippen LogP contribution in [-0.4, -0.2) is 35.7 Å². The molecule has 0 unspecified atom stereocenters.